The highest BCUT2D eigenvalue weighted by Crippen LogP contribution is 2.14. The van der Waals surface area contributed by atoms with E-state index in [1.165, 1.54) is 0 Å². The molecule has 6 heteroatoms. The monoisotopic (exact) mass is 292 g/mol. The van der Waals surface area contributed by atoms with E-state index in [0.717, 1.165) is 30.4 Å². The molecule has 1 aromatic rings. The number of hydrogen-bond donors (Lipinski definition) is 1. The zero-order valence-electron chi connectivity index (χ0n) is 13.3. The van der Waals surface area contributed by atoms with E-state index >= 15 is 0 Å². The van der Waals surface area contributed by atoms with Crippen molar-refractivity contribution in [2.24, 2.45) is 5.41 Å². The van der Waals surface area contributed by atoms with Crippen molar-refractivity contribution >= 4 is 11.9 Å². The van der Waals surface area contributed by atoms with Crippen molar-refractivity contribution in [2.75, 3.05) is 31.2 Å². The molecule has 0 saturated carbocycles. The lowest BCUT2D eigenvalue weighted by molar-refractivity contribution is -0.128. The normalized spacial score (nSPS) is 15.9. The molecule has 0 aromatic carbocycles. The summed E-state index contributed by atoms with van der Waals surface area (Å²) in [5, 5.41) is 2.92. The Morgan fingerprint density at radius 1 is 1.33 bits per heavy atom. The van der Waals surface area contributed by atoms with Crippen LogP contribution in [0, 0.1) is 12.3 Å². The van der Waals surface area contributed by atoms with Gasteiger partial charge in [-0.2, -0.15) is 0 Å². The SMILES string of the molecule is Cc1cc(CNC(=O)C(C)(C)C)nc(N2CCOCC2)n1. The van der Waals surface area contributed by atoms with Crippen LogP contribution in [0.15, 0.2) is 6.07 Å². The van der Waals surface area contributed by atoms with Crippen LogP contribution in [0.3, 0.4) is 0 Å². The van der Waals surface area contributed by atoms with Gasteiger partial charge < -0.3 is 15.0 Å². The number of morpholine rings is 1. The topological polar surface area (TPSA) is 67.4 Å². The highest BCUT2D eigenvalue weighted by molar-refractivity contribution is 5.81. The van der Waals surface area contributed by atoms with Crippen molar-refractivity contribution in [3.8, 4) is 0 Å². The molecule has 1 aliphatic rings. The van der Waals surface area contributed by atoms with E-state index in [9.17, 15) is 4.79 Å². The third kappa shape index (κ3) is 4.39. The van der Waals surface area contributed by atoms with Gasteiger partial charge in [0.2, 0.25) is 11.9 Å². The molecule has 0 spiro atoms. The standard InChI is InChI=1S/C15H24N4O2/c1-11-9-12(10-16-13(20)15(2,3)4)18-14(17-11)19-5-7-21-8-6-19/h9H,5-8,10H2,1-4H3,(H,16,20). The van der Waals surface area contributed by atoms with Crippen LogP contribution < -0.4 is 10.2 Å². The van der Waals surface area contributed by atoms with Crippen LogP contribution in [0.5, 0.6) is 0 Å². The first-order chi connectivity index (χ1) is 9.86. The van der Waals surface area contributed by atoms with Gasteiger partial charge in [0, 0.05) is 24.2 Å². The zero-order valence-corrected chi connectivity index (χ0v) is 13.3. The van der Waals surface area contributed by atoms with E-state index < -0.39 is 5.41 Å². The molecule has 21 heavy (non-hydrogen) atoms. The quantitative estimate of drug-likeness (QED) is 0.909. The Kier molecular flexibility index (Phi) is 4.77. The maximum Gasteiger partial charge on any atom is 0.225 e. The van der Waals surface area contributed by atoms with Gasteiger partial charge in [0.1, 0.15) is 0 Å². The summed E-state index contributed by atoms with van der Waals surface area (Å²) in [5.74, 6) is 0.741. The summed E-state index contributed by atoms with van der Waals surface area (Å²) >= 11 is 0. The fourth-order valence-corrected chi connectivity index (χ4v) is 2.05. The van der Waals surface area contributed by atoms with Crippen LogP contribution in [0.1, 0.15) is 32.2 Å². The average molecular weight is 292 g/mol. The number of aromatic nitrogens is 2. The van der Waals surface area contributed by atoms with E-state index in [4.69, 9.17) is 4.74 Å². The second-order valence-corrected chi connectivity index (χ2v) is 6.33. The Labute approximate surface area is 125 Å². The maximum absolute atomic E-state index is 11.9. The van der Waals surface area contributed by atoms with Crippen molar-refractivity contribution in [3.05, 3.63) is 17.5 Å². The average Bonchev–Trinajstić information content (AvgIpc) is 2.44. The summed E-state index contributed by atoms with van der Waals surface area (Å²) < 4.78 is 5.34. The van der Waals surface area contributed by atoms with Gasteiger partial charge in [-0.25, -0.2) is 9.97 Å². The van der Waals surface area contributed by atoms with Crippen molar-refractivity contribution in [2.45, 2.75) is 34.2 Å². The Hall–Kier alpha value is -1.69. The molecule has 1 amide bonds. The highest BCUT2D eigenvalue weighted by Gasteiger charge is 2.21. The molecule has 2 heterocycles. The number of hydrogen-bond acceptors (Lipinski definition) is 5. The number of aryl methyl sites for hydroxylation is 1. The molecule has 0 radical (unpaired) electrons. The second kappa shape index (κ2) is 6.39. The van der Waals surface area contributed by atoms with E-state index in [-0.39, 0.29) is 5.91 Å². The molecule has 116 valence electrons. The molecule has 0 bridgehead atoms. The van der Waals surface area contributed by atoms with Crippen LogP contribution in [-0.4, -0.2) is 42.2 Å². The number of rotatable bonds is 3. The van der Waals surface area contributed by atoms with Crippen LogP contribution in [0.4, 0.5) is 5.95 Å². The Morgan fingerprint density at radius 3 is 2.62 bits per heavy atom. The fourth-order valence-electron chi connectivity index (χ4n) is 2.05. The molecule has 6 nitrogen and oxygen atoms in total. The minimum Gasteiger partial charge on any atom is -0.378 e. The minimum absolute atomic E-state index is 0.0201. The predicted molar refractivity (Wildman–Crippen MR) is 81.1 cm³/mol. The van der Waals surface area contributed by atoms with Gasteiger partial charge in [-0.1, -0.05) is 20.8 Å². The van der Waals surface area contributed by atoms with Crippen molar-refractivity contribution in [3.63, 3.8) is 0 Å². The Morgan fingerprint density at radius 2 is 2.00 bits per heavy atom. The fraction of sp³-hybridized carbons (Fsp3) is 0.667. The minimum atomic E-state index is -0.394. The number of amides is 1. The lowest BCUT2D eigenvalue weighted by Gasteiger charge is -2.27. The van der Waals surface area contributed by atoms with Crippen LogP contribution in [0.25, 0.3) is 0 Å². The molecular weight excluding hydrogens is 268 g/mol. The molecule has 1 saturated heterocycles. The lowest BCUT2D eigenvalue weighted by atomic mass is 9.96. The molecular formula is C15H24N4O2. The summed E-state index contributed by atoms with van der Waals surface area (Å²) in [4.78, 5) is 23.1. The van der Waals surface area contributed by atoms with Crippen molar-refractivity contribution in [1.29, 1.82) is 0 Å². The molecule has 1 aromatic heterocycles. The Bertz CT molecular complexity index is 505. The highest BCUT2D eigenvalue weighted by atomic mass is 16.5. The molecule has 1 N–H and O–H groups in total. The molecule has 1 aliphatic heterocycles. The summed E-state index contributed by atoms with van der Waals surface area (Å²) in [5.41, 5.74) is 1.35. The van der Waals surface area contributed by atoms with Crippen molar-refractivity contribution < 1.29 is 9.53 Å². The molecule has 0 unspecified atom stereocenters. The van der Waals surface area contributed by atoms with Crippen molar-refractivity contribution in [1.82, 2.24) is 15.3 Å². The van der Waals surface area contributed by atoms with E-state index in [0.29, 0.717) is 19.8 Å². The lowest BCUT2D eigenvalue weighted by Crippen LogP contribution is -2.38. The first-order valence-corrected chi connectivity index (χ1v) is 7.32. The summed E-state index contributed by atoms with van der Waals surface area (Å²) in [6.45, 7) is 11.1. The number of ether oxygens (including phenoxy) is 1. The number of carbonyl (C=O) groups is 1. The molecule has 0 aliphatic carbocycles. The Balaban J connectivity index is 2.06. The number of carbonyl (C=O) groups excluding carboxylic acids is 1. The smallest absolute Gasteiger partial charge is 0.225 e. The zero-order chi connectivity index (χ0) is 15.5. The first-order valence-electron chi connectivity index (χ1n) is 7.32. The summed E-state index contributed by atoms with van der Waals surface area (Å²) in [6.07, 6.45) is 0. The largest absolute Gasteiger partial charge is 0.378 e. The summed E-state index contributed by atoms with van der Waals surface area (Å²) in [7, 11) is 0. The third-order valence-electron chi connectivity index (χ3n) is 3.30. The predicted octanol–water partition coefficient (Wildman–Crippen LogP) is 1.28. The van der Waals surface area contributed by atoms with Gasteiger partial charge in [0.05, 0.1) is 25.5 Å². The van der Waals surface area contributed by atoms with Gasteiger partial charge in [-0.15, -0.1) is 0 Å². The van der Waals surface area contributed by atoms with Gasteiger partial charge in [0.15, 0.2) is 0 Å². The van der Waals surface area contributed by atoms with E-state index in [1.54, 1.807) is 0 Å². The van der Waals surface area contributed by atoms with E-state index in [2.05, 4.69) is 20.2 Å². The van der Waals surface area contributed by atoms with E-state index in [1.807, 2.05) is 33.8 Å². The molecule has 1 fully saturated rings. The van der Waals surface area contributed by atoms with Gasteiger partial charge in [-0.3, -0.25) is 4.79 Å². The van der Waals surface area contributed by atoms with Gasteiger partial charge in [0.25, 0.3) is 0 Å². The first kappa shape index (κ1) is 15.7. The number of nitrogens with zero attached hydrogens (tertiary/aromatic N) is 3. The molecule has 0 atom stereocenters. The van der Waals surface area contributed by atoms with Gasteiger partial charge >= 0.3 is 0 Å². The number of nitrogens with one attached hydrogen (secondary N) is 1. The van der Waals surface area contributed by atoms with Crippen LogP contribution in [0.2, 0.25) is 0 Å². The van der Waals surface area contributed by atoms with Crippen LogP contribution >= 0.6 is 0 Å². The second-order valence-electron chi connectivity index (χ2n) is 6.33. The summed E-state index contributed by atoms with van der Waals surface area (Å²) in [6, 6.07) is 1.91. The van der Waals surface area contributed by atoms with Gasteiger partial charge in [-0.05, 0) is 13.0 Å². The number of anilines is 1. The van der Waals surface area contributed by atoms with Crippen LogP contribution in [-0.2, 0) is 16.1 Å². The third-order valence-corrected chi connectivity index (χ3v) is 3.30. The maximum atomic E-state index is 11.9. The molecule has 2 rings (SSSR count).